The molecule has 0 aliphatic carbocycles. The number of fused-ring (bicyclic) bond motifs is 1. The molecule has 1 amide bonds. The fourth-order valence-electron chi connectivity index (χ4n) is 3.48. The van der Waals surface area contributed by atoms with Crippen molar-refractivity contribution in [2.75, 3.05) is 19.0 Å². The van der Waals surface area contributed by atoms with E-state index in [2.05, 4.69) is 20.4 Å². The van der Waals surface area contributed by atoms with Gasteiger partial charge in [-0.1, -0.05) is 41.6 Å². The Morgan fingerprint density at radius 3 is 2.65 bits per heavy atom. The second kappa shape index (κ2) is 9.41. The molecule has 0 atom stereocenters. The number of benzene rings is 3. The van der Waals surface area contributed by atoms with Crippen LogP contribution in [0.1, 0.15) is 0 Å². The van der Waals surface area contributed by atoms with Gasteiger partial charge in [0.25, 0.3) is 5.91 Å². The number of rotatable bonds is 7. The van der Waals surface area contributed by atoms with Crippen LogP contribution in [0.3, 0.4) is 0 Å². The highest BCUT2D eigenvalue weighted by Crippen LogP contribution is 2.33. The number of carbonyl (C=O) groups excluding carboxylic acids is 1. The van der Waals surface area contributed by atoms with Gasteiger partial charge in [0.1, 0.15) is 17.0 Å². The summed E-state index contributed by atoms with van der Waals surface area (Å²) in [7, 11) is 1.62. The van der Waals surface area contributed by atoms with E-state index in [0.717, 1.165) is 27.8 Å². The maximum Gasteiger partial charge on any atom is 0.264 e. The minimum atomic E-state index is -0.351. The summed E-state index contributed by atoms with van der Waals surface area (Å²) in [6, 6.07) is 24.2. The molecule has 0 fully saturated rings. The zero-order valence-corrected chi connectivity index (χ0v) is 18.3. The Hall–Kier alpha value is -4.72. The van der Waals surface area contributed by atoms with Gasteiger partial charge in [-0.15, -0.1) is 0 Å². The molecule has 1 N–H and O–H groups in total. The normalized spacial score (nSPS) is 10.7. The van der Waals surface area contributed by atoms with Crippen LogP contribution in [-0.2, 0) is 4.79 Å². The number of hydrogen-bond donors (Lipinski definition) is 1. The monoisotopic (exact) mass is 452 g/mol. The smallest absolute Gasteiger partial charge is 0.264 e. The number of nitrogens with zero attached hydrogens (tertiary/aromatic N) is 3. The lowest BCUT2D eigenvalue weighted by Gasteiger charge is -2.08. The topological polar surface area (TPSA) is 99.4 Å². The summed E-state index contributed by atoms with van der Waals surface area (Å²) in [5.41, 5.74) is 3.06. The van der Waals surface area contributed by atoms with Gasteiger partial charge in [-0.2, -0.15) is 0 Å². The summed E-state index contributed by atoms with van der Waals surface area (Å²) in [5, 5.41) is 7.68. The van der Waals surface area contributed by atoms with E-state index in [0.29, 0.717) is 17.2 Å². The number of para-hydroxylation sites is 1. The number of anilines is 1. The van der Waals surface area contributed by atoms with Crippen LogP contribution in [0.15, 0.2) is 89.6 Å². The lowest BCUT2D eigenvalue weighted by molar-refractivity contribution is -0.118. The van der Waals surface area contributed by atoms with Gasteiger partial charge in [-0.25, -0.2) is 9.97 Å². The molecule has 2 aromatic heterocycles. The lowest BCUT2D eigenvalue weighted by Crippen LogP contribution is -2.21. The van der Waals surface area contributed by atoms with Crippen LogP contribution in [0.2, 0.25) is 0 Å². The highest BCUT2D eigenvalue weighted by molar-refractivity contribution is 5.94. The van der Waals surface area contributed by atoms with Crippen LogP contribution in [0.5, 0.6) is 11.5 Å². The van der Waals surface area contributed by atoms with Crippen LogP contribution >= 0.6 is 0 Å². The molecule has 168 valence electrons. The molecule has 0 radical (unpaired) electrons. The Balaban J connectivity index is 1.37. The Kier molecular flexibility index (Phi) is 5.85. The largest absolute Gasteiger partial charge is 0.497 e. The third-order valence-electron chi connectivity index (χ3n) is 5.12. The Labute approximate surface area is 195 Å². The summed E-state index contributed by atoms with van der Waals surface area (Å²) >= 11 is 0. The Bertz CT molecular complexity index is 1450. The van der Waals surface area contributed by atoms with Gasteiger partial charge in [-0.05, 0) is 42.5 Å². The van der Waals surface area contributed by atoms with Gasteiger partial charge in [0.15, 0.2) is 12.4 Å². The fourth-order valence-corrected chi connectivity index (χ4v) is 3.48. The number of ether oxygens (including phenoxy) is 2. The zero-order valence-electron chi connectivity index (χ0n) is 18.3. The molecule has 0 bridgehead atoms. The first-order chi connectivity index (χ1) is 16.7. The fraction of sp³-hybridized carbons (Fsp3) is 0.0769. The third-order valence-corrected chi connectivity index (χ3v) is 5.12. The summed E-state index contributed by atoms with van der Waals surface area (Å²) in [6.45, 7) is -0.145. The number of carbonyl (C=O) groups is 1. The molecule has 34 heavy (non-hydrogen) atoms. The van der Waals surface area contributed by atoms with Gasteiger partial charge < -0.3 is 14.0 Å². The zero-order chi connectivity index (χ0) is 23.3. The summed E-state index contributed by atoms with van der Waals surface area (Å²) < 4.78 is 16.4. The minimum Gasteiger partial charge on any atom is -0.497 e. The summed E-state index contributed by atoms with van der Waals surface area (Å²) in [4.78, 5) is 20.9. The average Bonchev–Trinajstić information content (AvgIpc) is 3.32. The van der Waals surface area contributed by atoms with Crippen molar-refractivity contribution >= 4 is 22.8 Å². The summed E-state index contributed by atoms with van der Waals surface area (Å²) in [6.07, 6.45) is 1.59. The molecular weight excluding hydrogens is 432 g/mol. The van der Waals surface area contributed by atoms with Crippen LogP contribution in [0.4, 0.5) is 5.95 Å². The molecule has 8 nitrogen and oxygen atoms in total. The number of methoxy groups -OCH3 is 1. The molecule has 0 aliphatic heterocycles. The molecule has 2 heterocycles. The quantitative estimate of drug-likeness (QED) is 0.372. The van der Waals surface area contributed by atoms with E-state index < -0.39 is 0 Å². The second-order valence-corrected chi connectivity index (χ2v) is 7.39. The molecular formula is C26H20N4O4. The van der Waals surface area contributed by atoms with Crippen molar-refractivity contribution in [3.05, 3.63) is 85.1 Å². The second-order valence-electron chi connectivity index (χ2n) is 7.39. The predicted octanol–water partition coefficient (Wildman–Crippen LogP) is 4.98. The molecule has 5 aromatic rings. The van der Waals surface area contributed by atoms with Crippen molar-refractivity contribution in [1.29, 1.82) is 0 Å². The van der Waals surface area contributed by atoms with Crippen molar-refractivity contribution in [1.82, 2.24) is 15.1 Å². The van der Waals surface area contributed by atoms with Crippen molar-refractivity contribution in [2.45, 2.75) is 0 Å². The van der Waals surface area contributed by atoms with Crippen LogP contribution < -0.4 is 14.8 Å². The molecule has 0 saturated carbocycles. The minimum absolute atomic E-state index is 0.145. The first-order valence-electron chi connectivity index (χ1n) is 10.5. The van der Waals surface area contributed by atoms with Gasteiger partial charge >= 0.3 is 0 Å². The van der Waals surface area contributed by atoms with E-state index in [1.54, 1.807) is 31.5 Å². The summed E-state index contributed by atoms with van der Waals surface area (Å²) in [5.74, 6) is 1.82. The molecule has 0 saturated heterocycles. The first kappa shape index (κ1) is 21.1. The maximum atomic E-state index is 12.3. The third kappa shape index (κ3) is 4.56. The number of nitrogens with one attached hydrogen (secondary N) is 1. The van der Waals surface area contributed by atoms with Crippen molar-refractivity contribution in [3.8, 4) is 34.1 Å². The molecule has 0 unspecified atom stereocenters. The van der Waals surface area contributed by atoms with Crippen LogP contribution in [0, 0.1) is 0 Å². The number of hydrogen-bond acceptors (Lipinski definition) is 7. The van der Waals surface area contributed by atoms with E-state index in [-0.39, 0.29) is 18.5 Å². The maximum absolute atomic E-state index is 12.3. The van der Waals surface area contributed by atoms with E-state index in [1.165, 1.54) is 0 Å². The Morgan fingerprint density at radius 1 is 0.941 bits per heavy atom. The highest BCUT2D eigenvalue weighted by atomic mass is 16.5. The molecule has 3 aromatic carbocycles. The van der Waals surface area contributed by atoms with Gasteiger partial charge in [0.2, 0.25) is 5.95 Å². The lowest BCUT2D eigenvalue weighted by atomic mass is 10.0. The van der Waals surface area contributed by atoms with Crippen molar-refractivity contribution < 1.29 is 18.8 Å². The first-order valence-corrected chi connectivity index (χ1v) is 10.5. The van der Waals surface area contributed by atoms with Gasteiger partial charge in [-0.3, -0.25) is 10.1 Å². The Morgan fingerprint density at radius 2 is 1.79 bits per heavy atom. The number of aromatic nitrogens is 3. The van der Waals surface area contributed by atoms with Crippen LogP contribution in [-0.4, -0.2) is 34.7 Å². The molecule has 5 rings (SSSR count). The highest BCUT2D eigenvalue weighted by Gasteiger charge is 2.14. The standard InChI is InChI=1S/C26H20N4O4/c1-32-20-9-5-6-18(14-20)25-21-15-17(10-11-23(21)30-34-25)22-12-13-27-26(28-22)29-24(31)16-33-19-7-3-2-4-8-19/h2-15H,16H2,1H3,(H,27,28,29,31). The van der Waals surface area contributed by atoms with E-state index in [1.807, 2.05) is 60.7 Å². The number of amides is 1. The molecule has 0 spiro atoms. The average molecular weight is 452 g/mol. The van der Waals surface area contributed by atoms with Crippen molar-refractivity contribution in [2.24, 2.45) is 0 Å². The predicted molar refractivity (Wildman–Crippen MR) is 128 cm³/mol. The SMILES string of the molecule is COc1cccc(-c2onc3ccc(-c4ccnc(NC(=O)COc5ccccc5)n4)cc23)c1. The van der Waals surface area contributed by atoms with Gasteiger partial charge in [0.05, 0.1) is 18.2 Å². The van der Waals surface area contributed by atoms with Gasteiger partial charge in [0, 0.05) is 17.3 Å². The van der Waals surface area contributed by atoms with Crippen LogP contribution in [0.25, 0.3) is 33.5 Å². The van der Waals surface area contributed by atoms with Crippen molar-refractivity contribution in [3.63, 3.8) is 0 Å². The molecule has 0 aliphatic rings. The van der Waals surface area contributed by atoms with E-state index in [9.17, 15) is 4.79 Å². The molecule has 8 heteroatoms. The van der Waals surface area contributed by atoms with E-state index >= 15 is 0 Å². The van der Waals surface area contributed by atoms with E-state index in [4.69, 9.17) is 14.0 Å².